The molecule has 1 saturated heterocycles. The maximum Gasteiger partial charge on any atom is 0.158 e. The van der Waals surface area contributed by atoms with Crippen LogP contribution in [0.25, 0.3) is 0 Å². The van der Waals surface area contributed by atoms with Gasteiger partial charge in [-0.05, 0) is 6.42 Å². The Bertz CT molecular complexity index is 112. The molecule has 1 aliphatic rings. The molecule has 0 unspecified atom stereocenters. The van der Waals surface area contributed by atoms with Gasteiger partial charge in [0.1, 0.15) is 6.61 Å². The molecule has 1 atom stereocenters. The molecule has 0 aromatic heterocycles. The topological polar surface area (TPSA) is 35.5 Å². The van der Waals surface area contributed by atoms with Crippen molar-refractivity contribution in [3.63, 3.8) is 0 Å². The third-order valence-electron chi connectivity index (χ3n) is 1.58. The lowest BCUT2D eigenvalue weighted by molar-refractivity contribution is -0.133. The van der Waals surface area contributed by atoms with Crippen LogP contribution >= 0.6 is 0 Å². The van der Waals surface area contributed by atoms with E-state index in [2.05, 4.69) is 0 Å². The van der Waals surface area contributed by atoms with Gasteiger partial charge in [-0.3, -0.25) is 4.79 Å². The van der Waals surface area contributed by atoms with Gasteiger partial charge in [0.2, 0.25) is 0 Å². The van der Waals surface area contributed by atoms with Gasteiger partial charge in [0.25, 0.3) is 0 Å². The van der Waals surface area contributed by atoms with E-state index in [1.807, 2.05) is 0 Å². The molecule has 0 bridgehead atoms. The van der Waals surface area contributed by atoms with Gasteiger partial charge in [-0.25, -0.2) is 0 Å². The van der Waals surface area contributed by atoms with Crippen molar-refractivity contribution < 1.29 is 14.3 Å². The van der Waals surface area contributed by atoms with E-state index >= 15 is 0 Å². The van der Waals surface area contributed by atoms with E-state index in [-0.39, 0.29) is 18.5 Å². The highest BCUT2D eigenvalue weighted by Crippen LogP contribution is 2.09. The van der Waals surface area contributed by atoms with Gasteiger partial charge in [0.15, 0.2) is 5.78 Å². The minimum absolute atomic E-state index is 0.141. The maximum absolute atomic E-state index is 10.6. The number of rotatable bonds is 2. The lowest BCUT2D eigenvalue weighted by Crippen LogP contribution is -2.28. The number of carbonyl (C=O) groups excluding carboxylic acids is 1. The van der Waals surface area contributed by atoms with Gasteiger partial charge in [0, 0.05) is 13.5 Å². The molecule has 1 heterocycles. The molecule has 0 spiro atoms. The molecule has 0 amide bonds. The van der Waals surface area contributed by atoms with Crippen LogP contribution in [0.5, 0.6) is 0 Å². The fraction of sp³-hybridized carbons (Fsp3) is 0.857. The molecule has 0 aromatic carbocycles. The van der Waals surface area contributed by atoms with Crippen LogP contribution in [0.1, 0.15) is 12.8 Å². The Balaban J connectivity index is 2.19. The number of Topliss-reactive ketones (excluding diaryl/α,β-unsaturated/α-hetero) is 1. The van der Waals surface area contributed by atoms with Gasteiger partial charge >= 0.3 is 0 Å². The zero-order valence-corrected chi connectivity index (χ0v) is 6.13. The molecule has 1 rings (SSSR count). The molecular formula is C7H12O3. The standard InChI is InChI=1S/C7H12O3/c1-9-5-7-3-2-6(8)4-10-7/h7H,2-5H2,1H3/t7-/m0/s1. The predicted molar refractivity (Wildman–Crippen MR) is 35.9 cm³/mol. The molecule has 0 radical (unpaired) electrons. The van der Waals surface area contributed by atoms with E-state index in [0.717, 1.165) is 6.42 Å². The molecule has 3 nitrogen and oxygen atoms in total. The second-order valence-electron chi connectivity index (χ2n) is 2.47. The summed E-state index contributed by atoms with van der Waals surface area (Å²) in [5.74, 6) is 0.201. The highest BCUT2D eigenvalue weighted by atomic mass is 16.5. The number of hydrogen-bond acceptors (Lipinski definition) is 3. The first-order valence-electron chi connectivity index (χ1n) is 3.45. The first-order valence-corrected chi connectivity index (χ1v) is 3.45. The van der Waals surface area contributed by atoms with Crippen LogP contribution in [-0.4, -0.2) is 32.2 Å². The van der Waals surface area contributed by atoms with Crippen LogP contribution in [0.4, 0.5) is 0 Å². The molecule has 0 aromatic rings. The van der Waals surface area contributed by atoms with Gasteiger partial charge in [-0.15, -0.1) is 0 Å². The Morgan fingerprint density at radius 2 is 2.60 bits per heavy atom. The van der Waals surface area contributed by atoms with Crippen LogP contribution in [0, 0.1) is 0 Å². The SMILES string of the molecule is COC[C@@H]1CCC(=O)CO1. The average Bonchev–Trinajstić information content (AvgIpc) is 1.95. The van der Waals surface area contributed by atoms with Crippen molar-refractivity contribution in [3.05, 3.63) is 0 Å². The Labute approximate surface area is 60.3 Å². The minimum Gasteiger partial charge on any atom is -0.382 e. The zero-order valence-electron chi connectivity index (χ0n) is 6.13. The minimum atomic E-state index is 0.141. The molecule has 0 saturated carbocycles. The lowest BCUT2D eigenvalue weighted by Gasteiger charge is -2.20. The van der Waals surface area contributed by atoms with Crippen LogP contribution in [0.15, 0.2) is 0 Å². The van der Waals surface area contributed by atoms with Crippen molar-refractivity contribution in [2.45, 2.75) is 18.9 Å². The van der Waals surface area contributed by atoms with E-state index in [4.69, 9.17) is 9.47 Å². The summed E-state index contributed by atoms with van der Waals surface area (Å²) in [7, 11) is 1.64. The summed E-state index contributed by atoms with van der Waals surface area (Å²) in [5, 5.41) is 0. The molecule has 3 heteroatoms. The third kappa shape index (κ3) is 2.08. The number of hydrogen-bond donors (Lipinski definition) is 0. The lowest BCUT2D eigenvalue weighted by atomic mass is 10.1. The fourth-order valence-electron chi connectivity index (χ4n) is 1.01. The van der Waals surface area contributed by atoms with Crippen molar-refractivity contribution in [3.8, 4) is 0 Å². The summed E-state index contributed by atoms with van der Waals surface area (Å²) in [6, 6.07) is 0. The summed E-state index contributed by atoms with van der Waals surface area (Å²) in [6.45, 7) is 0.876. The van der Waals surface area contributed by atoms with Crippen molar-refractivity contribution in [2.24, 2.45) is 0 Å². The largest absolute Gasteiger partial charge is 0.382 e. The Kier molecular flexibility index (Phi) is 2.83. The quantitative estimate of drug-likeness (QED) is 0.562. The van der Waals surface area contributed by atoms with Crippen molar-refractivity contribution in [1.29, 1.82) is 0 Å². The zero-order chi connectivity index (χ0) is 7.40. The number of ether oxygens (including phenoxy) is 2. The highest BCUT2D eigenvalue weighted by molar-refractivity contribution is 5.80. The van der Waals surface area contributed by atoms with Gasteiger partial charge in [-0.1, -0.05) is 0 Å². The Hall–Kier alpha value is -0.410. The molecular weight excluding hydrogens is 132 g/mol. The monoisotopic (exact) mass is 144 g/mol. The smallest absolute Gasteiger partial charge is 0.158 e. The van der Waals surface area contributed by atoms with Gasteiger partial charge in [-0.2, -0.15) is 0 Å². The van der Waals surface area contributed by atoms with Gasteiger partial charge in [0.05, 0.1) is 12.7 Å². The first-order chi connectivity index (χ1) is 4.83. The number of methoxy groups -OCH3 is 1. The summed E-state index contributed by atoms with van der Waals surface area (Å²) in [6.07, 6.45) is 1.60. The van der Waals surface area contributed by atoms with E-state index in [1.54, 1.807) is 7.11 Å². The maximum atomic E-state index is 10.6. The van der Waals surface area contributed by atoms with E-state index < -0.39 is 0 Å². The molecule has 0 aliphatic carbocycles. The third-order valence-corrected chi connectivity index (χ3v) is 1.58. The number of carbonyl (C=O) groups is 1. The fourth-order valence-corrected chi connectivity index (χ4v) is 1.01. The van der Waals surface area contributed by atoms with Crippen molar-refractivity contribution in [1.82, 2.24) is 0 Å². The second kappa shape index (κ2) is 3.68. The summed E-state index contributed by atoms with van der Waals surface area (Å²) >= 11 is 0. The summed E-state index contributed by atoms with van der Waals surface area (Å²) < 4.78 is 10.0. The average molecular weight is 144 g/mol. The summed E-state index contributed by atoms with van der Waals surface area (Å²) in [5.41, 5.74) is 0. The van der Waals surface area contributed by atoms with E-state index in [0.29, 0.717) is 13.0 Å². The second-order valence-corrected chi connectivity index (χ2v) is 2.47. The Morgan fingerprint density at radius 3 is 3.10 bits per heavy atom. The molecule has 1 fully saturated rings. The molecule has 1 aliphatic heterocycles. The molecule has 0 N–H and O–H groups in total. The predicted octanol–water partition coefficient (Wildman–Crippen LogP) is 0.381. The highest BCUT2D eigenvalue weighted by Gasteiger charge is 2.18. The van der Waals surface area contributed by atoms with Crippen LogP contribution in [-0.2, 0) is 14.3 Å². The molecule has 58 valence electrons. The van der Waals surface area contributed by atoms with Crippen LogP contribution in [0.3, 0.4) is 0 Å². The van der Waals surface area contributed by atoms with E-state index in [1.165, 1.54) is 0 Å². The van der Waals surface area contributed by atoms with Crippen LogP contribution < -0.4 is 0 Å². The molecule has 10 heavy (non-hydrogen) atoms. The summed E-state index contributed by atoms with van der Waals surface area (Å²) in [4.78, 5) is 10.6. The Morgan fingerprint density at radius 1 is 1.80 bits per heavy atom. The van der Waals surface area contributed by atoms with Gasteiger partial charge < -0.3 is 9.47 Å². The van der Waals surface area contributed by atoms with E-state index in [9.17, 15) is 4.79 Å². The first kappa shape index (κ1) is 7.69. The van der Waals surface area contributed by atoms with Crippen molar-refractivity contribution in [2.75, 3.05) is 20.3 Å². The van der Waals surface area contributed by atoms with Crippen molar-refractivity contribution >= 4 is 5.78 Å². The normalized spacial score (nSPS) is 26.9. The number of ketones is 1. The van der Waals surface area contributed by atoms with Crippen LogP contribution in [0.2, 0.25) is 0 Å².